The van der Waals surface area contributed by atoms with E-state index in [4.69, 9.17) is 4.74 Å². The Hall–Kier alpha value is -0.930. The first-order valence-corrected chi connectivity index (χ1v) is 7.56. The zero-order valence-corrected chi connectivity index (χ0v) is 11.7. The Kier molecular flexibility index (Phi) is 5.14. The van der Waals surface area contributed by atoms with Gasteiger partial charge < -0.3 is 10.1 Å². The number of allylic oxidation sites excluding steroid dienone is 1. The fourth-order valence-electron chi connectivity index (χ4n) is 2.21. The van der Waals surface area contributed by atoms with Gasteiger partial charge in [0.25, 0.3) is 0 Å². The van der Waals surface area contributed by atoms with E-state index in [9.17, 15) is 0 Å². The van der Waals surface area contributed by atoms with Crippen LogP contribution in [-0.4, -0.2) is 24.4 Å². The van der Waals surface area contributed by atoms with Crippen LogP contribution in [0.25, 0.3) is 0 Å². The largest absolute Gasteiger partial charge is 0.487 e. The zero-order valence-electron chi connectivity index (χ0n) is 10.9. The van der Waals surface area contributed by atoms with Crippen LogP contribution in [0.2, 0.25) is 0 Å². The molecule has 0 aromatic heterocycles. The predicted molar refractivity (Wildman–Crippen MR) is 78.5 cm³/mol. The molecule has 0 spiro atoms. The summed E-state index contributed by atoms with van der Waals surface area (Å²) in [5, 5.41) is 3.53. The minimum atomic E-state index is 0.254. The van der Waals surface area contributed by atoms with Crippen molar-refractivity contribution in [2.45, 2.75) is 36.8 Å². The molecule has 1 N–H and O–H groups in total. The second-order valence-electron chi connectivity index (χ2n) is 4.44. The van der Waals surface area contributed by atoms with E-state index in [2.05, 4.69) is 37.0 Å². The van der Waals surface area contributed by atoms with E-state index in [1.54, 1.807) is 0 Å². The quantitative estimate of drug-likeness (QED) is 0.794. The summed E-state index contributed by atoms with van der Waals surface area (Å²) in [6, 6.07) is 8.70. The van der Waals surface area contributed by atoms with E-state index in [0.717, 1.165) is 30.9 Å². The number of rotatable bonds is 6. The molecule has 2 nitrogen and oxygen atoms in total. The number of para-hydroxylation sites is 1. The molecule has 98 valence electrons. The third kappa shape index (κ3) is 3.30. The number of hydrogen-bond acceptors (Lipinski definition) is 3. The van der Waals surface area contributed by atoms with Crippen LogP contribution >= 0.6 is 11.8 Å². The number of benzene rings is 1. The van der Waals surface area contributed by atoms with Crippen LogP contribution in [0.3, 0.4) is 0 Å². The molecule has 0 saturated heterocycles. The third-order valence-corrected chi connectivity index (χ3v) is 4.27. The van der Waals surface area contributed by atoms with Crippen molar-refractivity contribution in [2.24, 2.45) is 0 Å². The van der Waals surface area contributed by atoms with Crippen LogP contribution in [0.4, 0.5) is 0 Å². The first-order valence-electron chi connectivity index (χ1n) is 6.58. The van der Waals surface area contributed by atoms with Crippen LogP contribution in [0.1, 0.15) is 19.8 Å². The molecule has 18 heavy (non-hydrogen) atoms. The van der Waals surface area contributed by atoms with Crippen LogP contribution < -0.4 is 10.1 Å². The van der Waals surface area contributed by atoms with Crippen molar-refractivity contribution in [3.63, 3.8) is 0 Å². The summed E-state index contributed by atoms with van der Waals surface area (Å²) in [4.78, 5) is 1.26. The normalized spacial score (nSPS) is 19.7. The van der Waals surface area contributed by atoms with Gasteiger partial charge in [-0.1, -0.05) is 25.1 Å². The number of thioether (sulfide) groups is 1. The Morgan fingerprint density at radius 1 is 1.56 bits per heavy atom. The molecule has 0 saturated carbocycles. The van der Waals surface area contributed by atoms with E-state index < -0.39 is 0 Å². The van der Waals surface area contributed by atoms with Gasteiger partial charge in [0.05, 0.1) is 0 Å². The molecule has 1 aliphatic rings. The lowest BCUT2D eigenvalue weighted by Gasteiger charge is -2.32. The lowest BCUT2D eigenvalue weighted by atomic mass is 10.1. The van der Waals surface area contributed by atoms with Gasteiger partial charge in [-0.2, -0.15) is 0 Å². The maximum Gasteiger partial charge on any atom is 0.133 e. The average Bonchev–Trinajstić information content (AvgIpc) is 2.43. The zero-order chi connectivity index (χ0) is 12.8. The summed E-state index contributed by atoms with van der Waals surface area (Å²) < 4.78 is 6.13. The van der Waals surface area contributed by atoms with Crippen molar-refractivity contribution < 1.29 is 4.74 Å². The SMILES string of the molecule is C=CCCC(NCC)C1CSc2ccccc2O1. The number of nitrogens with one attached hydrogen (secondary N) is 1. The average molecular weight is 263 g/mol. The monoisotopic (exact) mass is 263 g/mol. The first-order chi connectivity index (χ1) is 8.85. The Labute approximate surface area is 114 Å². The molecule has 1 aromatic rings. The van der Waals surface area contributed by atoms with Crippen molar-refractivity contribution in [3.05, 3.63) is 36.9 Å². The molecule has 0 amide bonds. The Morgan fingerprint density at radius 2 is 2.39 bits per heavy atom. The van der Waals surface area contributed by atoms with Gasteiger partial charge in [0.15, 0.2) is 0 Å². The summed E-state index contributed by atoms with van der Waals surface area (Å²) in [5.74, 6) is 2.05. The van der Waals surface area contributed by atoms with Gasteiger partial charge in [-0.15, -0.1) is 18.3 Å². The highest BCUT2D eigenvalue weighted by Gasteiger charge is 2.26. The minimum Gasteiger partial charge on any atom is -0.487 e. The third-order valence-electron chi connectivity index (χ3n) is 3.13. The fourth-order valence-corrected chi connectivity index (χ4v) is 3.29. The van der Waals surface area contributed by atoms with Gasteiger partial charge in [0.1, 0.15) is 11.9 Å². The van der Waals surface area contributed by atoms with Crippen LogP contribution in [0.15, 0.2) is 41.8 Å². The fraction of sp³-hybridized carbons (Fsp3) is 0.467. The second-order valence-corrected chi connectivity index (χ2v) is 5.51. The van der Waals surface area contributed by atoms with Crippen LogP contribution in [-0.2, 0) is 0 Å². The number of fused-ring (bicyclic) bond motifs is 1. The summed E-state index contributed by atoms with van der Waals surface area (Å²) >= 11 is 1.89. The van der Waals surface area contributed by atoms with Gasteiger partial charge >= 0.3 is 0 Å². The highest BCUT2D eigenvalue weighted by atomic mass is 32.2. The van der Waals surface area contributed by atoms with E-state index in [0.29, 0.717) is 6.04 Å². The van der Waals surface area contributed by atoms with E-state index in [1.807, 2.05) is 23.9 Å². The first kappa shape index (κ1) is 13.5. The molecule has 0 aliphatic carbocycles. The number of likely N-dealkylation sites (N-methyl/N-ethyl adjacent to an activating group) is 1. The van der Waals surface area contributed by atoms with Crippen LogP contribution in [0.5, 0.6) is 5.75 Å². The van der Waals surface area contributed by atoms with Crippen molar-refractivity contribution in [3.8, 4) is 5.75 Å². The minimum absolute atomic E-state index is 0.254. The molecule has 0 bridgehead atoms. The molecule has 3 heteroatoms. The maximum atomic E-state index is 6.13. The van der Waals surface area contributed by atoms with Gasteiger partial charge in [-0.3, -0.25) is 0 Å². The van der Waals surface area contributed by atoms with Crippen LogP contribution in [0, 0.1) is 0 Å². The Balaban J connectivity index is 2.02. The van der Waals surface area contributed by atoms with E-state index in [1.165, 1.54) is 4.90 Å². The molecular weight excluding hydrogens is 242 g/mol. The van der Waals surface area contributed by atoms with Crippen molar-refractivity contribution in [1.82, 2.24) is 5.32 Å². The van der Waals surface area contributed by atoms with Crippen molar-refractivity contribution >= 4 is 11.8 Å². The molecule has 2 atom stereocenters. The highest BCUT2D eigenvalue weighted by molar-refractivity contribution is 7.99. The van der Waals surface area contributed by atoms with Crippen molar-refractivity contribution in [1.29, 1.82) is 0 Å². The molecule has 1 heterocycles. The molecule has 1 aromatic carbocycles. The molecule has 2 rings (SSSR count). The molecule has 0 fully saturated rings. The summed E-state index contributed by atoms with van der Waals surface area (Å²) in [5.41, 5.74) is 0. The Bertz CT molecular complexity index is 394. The number of hydrogen-bond donors (Lipinski definition) is 1. The summed E-state index contributed by atoms with van der Waals surface area (Å²) in [7, 11) is 0. The van der Waals surface area contributed by atoms with Crippen molar-refractivity contribution in [2.75, 3.05) is 12.3 Å². The lowest BCUT2D eigenvalue weighted by Crippen LogP contribution is -2.45. The molecule has 0 radical (unpaired) electrons. The van der Waals surface area contributed by atoms with E-state index in [-0.39, 0.29) is 6.10 Å². The Morgan fingerprint density at radius 3 is 3.17 bits per heavy atom. The van der Waals surface area contributed by atoms with Gasteiger partial charge in [-0.05, 0) is 31.5 Å². The van der Waals surface area contributed by atoms with E-state index >= 15 is 0 Å². The lowest BCUT2D eigenvalue weighted by molar-refractivity contribution is 0.162. The van der Waals surface area contributed by atoms with Gasteiger partial charge in [0, 0.05) is 16.7 Å². The van der Waals surface area contributed by atoms with Gasteiger partial charge in [0.2, 0.25) is 0 Å². The maximum absolute atomic E-state index is 6.13. The predicted octanol–water partition coefficient (Wildman–Crippen LogP) is 3.48. The second kappa shape index (κ2) is 6.86. The topological polar surface area (TPSA) is 21.3 Å². The smallest absolute Gasteiger partial charge is 0.133 e. The summed E-state index contributed by atoms with van der Waals surface area (Å²) in [6.07, 6.45) is 4.35. The molecule has 2 unspecified atom stereocenters. The highest BCUT2D eigenvalue weighted by Crippen LogP contribution is 2.36. The number of ether oxygens (including phenoxy) is 1. The summed E-state index contributed by atoms with van der Waals surface area (Å²) in [6.45, 7) is 6.92. The molecule has 1 aliphatic heterocycles. The standard InChI is InChI=1S/C15H21NOS/c1-3-5-8-12(16-4-2)14-11-18-15-10-7-6-9-13(15)17-14/h3,6-7,9-10,12,14,16H,1,4-5,8,11H2,2H3. The van der Waals surface area contributed by atoms with Gasteiger partial charge in [-0.25, -0.2) is 0 Å². The molecular formula is C15H21NOS.